The number of nitro benzene ring substituents is 1. The van der Waals surface area contributed by atoms with E-state index in [2.05, 4.69) is 10.1 Å². The number of fused-ring (bicyclic) bond motifs is 1. The third-order valence-corrected chi connectivity index (χ3v) is 7.08. The van der Waals surface area contributed by atoms with E-state index in [-0.39, 0.29) is 11.2 Å². The number of benzene rings is 3. The summed E-state index contributed by atoms with van der Waals surface area (Å²) in [5, 5.41) is 20.5. The number of ether oxygens (including phenoxy) is 1. The van der Waals surface area contributed by atoms with E-state index in [0.717, 1.165) is 17.0 Å². The first-order valence-corrected chi connectivity index (χ1v) is 12.9. The molecule has 0 aliphatic heterocycles. The van der Waals surface area contributed by atoms with Crippen LogP contribution in [0.4, 0.5) is 5.69 Å². The summed E-state index contributed by atoms with van der Waals surface area (Å²) in [6, 6.07) is 23.3. The van der Waals surface area contributed by atoms with E-state index in [1.54, 1.807) is 42.3 Å². The maximum absolute atomic E-state index is 13.2. The lowest BCUT2D eigenvalue weighted by molar-refractivity contribution is -0.384. The zero-order valence-electron chi connectivity index (χ0n) is 21.0. The molecule has 0 spiro atoms. The SMILES string of the molecule is COc1ccc(/C=C/c2nc3s/c(=C\c4cn(-c5ccccc5)nc4-c4cccc([N+](=O)[O-])c4)c(=O)n3n2)cc1. The van der Waals surface area contributed by atoms with Gasteiger partial charge in [-0.2, -0.15) is 14.6 Å². The zero-order valence-corrected chi connectivity index (χ0v) is 21.9. The lowest BCUT2D eigenvalue weighted by Gasteiger charge is -2.00. The lowest BCUT2D eigenvalue weighted by Crippen LogP contribution is -2.23. The third-order valence-electron chi connectivity index (χ3n) is 6.12. The molecule has 0 radical (unpaired) electrons. The summed E-state index contributed by atoms with van der Waals surface area (Å²) in [5.74, 6) is 1.18. The number of aromatic nitrogens is 5. The van der Waals surface area contributed by atoms with Crippen LogP contribution in [0.25, 0.3) is 40.1 Å². The molecule has 6 aromatic rings. The molecular formula is C29H20N6O4S. The molecule has 3 heterocycles. The normalized spacial score (nSPS) is 12.0. The molecule has 196 valence electrons. The Balaban J connectivity index is 1.40. The highest BCUT2D eigenvalue weighted by Gasteiger charge is 2.16. The number of methoxy groups -OCH3 is 1. The number of nitro groups is 1. The van der Waals surface area contributed by atoms with Crippen LogP contribution in [0, 0.1) is 10.1 Å². The van der Waals surface area contributed by atoms with Crippen LogP contribution >= 0.6 is 11.3 Å². The molecule has 10 nitrogen and oxygen atoms in total. The second-order valence-corrected chi connectivity index (χ2v) is 9.72. The molecule has 0 bridgehead atoms. The molecule has 0 saturated heterocycles. The van der Waals surface area contributed by atoms with Gasteiger partial charge < -0.3 is 4.74 Å². The van der Waals surface area contributed by atoms with Crippen molar-refractivity contribution in [3.8, 4) is 22.7 Å². The van der Waals surface area contributed by atoms with Crippen LogP contribution in [0.3, 0.4) is 0 Å². The number of hydrogen-bond acceptors (Lipinski definition) is 8. The molecule has 0 amide bonds. The van der Waals surface area contributed by atoms with Gasteiger partial charge in [0.25, 0.3) is 11.2 Å². The lowest BCUT2D eigenvalue weighted by atomic mass is 10.1. The number of para-hydroxylation sites is 1. The predicted molar refractivity (Wildman–Crippen MR) is 153 cm³/mol. The smallest absolute Gasteiger partial charge is 0.291 e. The van der Waals surface area contributed by atoms with Crippen molar-refractivity contribution in [2.45, 2.75) is 0 Å². The van der Waals surface area contributed by atoms with Crippen LogP contribution in [0.15, 0.2) is 89.9 Å². The van der Waals surface area contributed by atoms with E-state index in [1.165, 1.54) is 28.0 Å². The molecular weight excluding hydrogens is 528 g/mol. The molecule has 11 heteroatoms. The van der Waals surface area contributed by atoms with Gasteiger partial charge in [-0.3, -0.25) is 14.9 Å². The Kier molecular flexibility index (Phi) is 6.46. The van der Waals surface area contributed by atoms with Crippen molar-refractivity contribution in [3.63, 3.8) is 0 Å². The van der Waals surface area contributed by atoms with Gasteiger partial charge in [-0.25, -0.2) is 4.68 Å². The predicted octanol–water partition coefficient (Wildman–Crippen LogP) is 4.64. The molecule has 40 heavy (non-hydrogen) atoms. The van der Waals surface area contributed by atoms with E-state index in [0.29, 0.717) is 32.1 Å². The van der Waals surface area contributed by atoms with Gasteiger partial charge in [0.2, 0.25) is 4.96 Å². The molecule has 6 rings (SSSR count). The van der Waals surface area contributed by atoms with Gasteiger partial charge in [-0.05, 0) is 42.0 Å². The van der Waals surface area contributed by atoms with Crippen molar-refractivity contribution in [1.82, 2.24) is 24.4 Å². The summed E-state index contributed by atoms with van der Waals surface area (Å²) >= 11 is 1.21. The minimum Gasteiger partial charge on any atom is -0.497 e. The summed E-state index contributed by atoms with van der Waals surface area (Å²) < 4.78 is 8.56. The number of non-ortho nitro benzene ring substituents is 1. The minimum atomic E-state index is -0.447. The molecule has 0 aliphatic carbocycles. The number of thiazole rings is 1. The number of hydrogen-bond donors (Lipinski definition) is 0. The molecule has 0 unspecified atom stereocenters. The Morgan fingerprint density at radius 1 is 0.975 bits per heavy atom. The van der Waals surface area contributed by atoms with Crippen molar-refractivity contribution in [1.29, 1.82) is 0 Å². The third kappa shape index (κ3) is 4.88. The van der Waals surface area contributed by atoms with Gasteiger partial charge in [-0.15, -0.1) is 5.10 Å². The minimum absolute atomic E-state index is 0.0451. The molecule has 3 aromatic carbocycles. The summed E-state index contributed by atoms with van der Waals surface area (Å²) in [6.07, 6.45) is 7.12. The topological polar surface area (TPSA) is 117 Å². The Morgan fingerprint density at radius 2 is 1.77 bits per heavy atom. The first kappa shape index (κ1) is 24.9. The molecule has 0 fully saturated rings. The quantitative estimate of drug-likeness (QED) is 0.211. The molecule has 0 aliphatic rings. The van der Waals surface area contributed by atoms with Gasteiger partial charge >= 0.3 is 0 Å². The number of nitrogens with zero attached hydrogens (tertiary/aromatic N) is 6. The summed E-state index contributed by atoms with van der Waals surface area (Å²) in [7, 11) is 1.61. The first-order chi connectivity index (χ1) is 19.5. The highest BCUT2D eigenvalue weighted by Crippen LogP contribution is 2.27. The first-order valence-electron chi connectivity index (χ1n) is 12.1. The largest absolute Gasteiger partial charge is 0.497 e. The maximum atomic E-state index is 13.2. The molecule has 0 atom stereocenters. The van der Waals surface area contributed by atoms with E-state index >= 15 is 0 Å². The second kappa shape index (κ2) is 10.4. The van der Waals surface area contributed by atoms with E-state index in [9.17, 15) is 14.9 Å². The maximum Gasteiger partial charge on any atom is 0.291 e. The van der Waals surface area contributed by atoms with Crippen molar-refractivity contribution < 1.29 is 9.66 Å². The monoisotopic (exact) mass is 548 g/mol. The van der Waals surface area contributed by atoms with Crippen LogP contribution in [-0.4, -0.2) is 36.4 Å². The average molecular weight is 549 g/mol. The molecule has 0 N–H and O–H groups in total. The van der Waals surface area contributed by atoms with Crippen LogP contribution in [0.2, 0.25) is 0 Å². The number of rotatable bonds is 7. The summed E-state index contributed by atoms with van der Waals surface area (Å²) in [6.45, 7) is 0. The van der Waals surface area contributed by atoms with Crippen LogP contribution in [0.1, 0.15) is 17.0 Å². The van der Waals surface area contributed by atoms with E-state index in [4.69, 9.17) is 9.84 Å². The fraction of sp³-hybridized carbons (Fsp3) is 0.0345. The second-order valence-electron chi connectivity index (χ2n) is 8.71. The van der Waals surface area contributed by atoms with Gasteiger partial charge in [0.1, 0.15) is 11.4 Å². The van der Waals surface area contributed by atoms with Gasteiger partial charge in [0, 0.05) is 29.5 Å². The average Bonchev–Trinajstić information content (AvgIpc) is 3.67. The van der Waals surface area contributed by atoms with Gasteiger partial charge in [0.15, 0.2) is 5.82 Å². The van der Waals surface area contributed by atoms with Crippen LogP contribution in [-0.2, 0) is 0 Å². The van der Waals surface area contributed by atoms with Crippen molar-refractivity contribution >= 4 is 40.2 Å². The highest BCUT2D eigenvalue weighted by atomic mass is 32.1. The van der Waals surface area contributed by atoms with Crippen molar-refractivity contribution in [3.05, 3.63) is 127 Å². The van der Waals surface area contributed by atoms with Crippen LogP contribution in [0.5, 0.6) is 5.75 Å². The fourth-order valence-corrected chi connectivity index (χ4v) is 5.05. The zero-order chi connectivity index (χ0) is 27.6. The summed E-state index contributed by atoms with van der Waals surface area (Å²) in [5.41, 5.74) is 3.10. The van der Waals surface area contributed by atoms with Gasteiger partial charge in [-0.1, -0.05) is 59.9 Å². The Hall–Kier alpha value is -5.42. The van der Waals surface area contributed by atoms with Crippen molar-refractivity contribution in [2.24, 2.45) is 0 Å². The Labute approximate surface area is 230 Å². The van der Waals surface area contributed by atoms with Crippen molar-refractivity contribution in [2.75, 3.05) is 7.11 Å². The fourth-order valence-electron chi connectivity index (χ4n) is 4.14. The standard InChI is InChI=1S/C29H20N6O4S/c1-39-24-13-10-19(11-14-24)12-15-26-30-29-34(31-26)28(36)25(40-29)17-21-18-33(22-7-3-2-4-8-22)32-27(21)20-6-5-9-23(16-20)35(37)38/h2-18H,1H3/b15-12+,25-17-. The van der Waals surface area contributed by atoms with Gasteiger partial charge in [0.05, 0.1) is 22.3 Å². The molecule has 3 aromatic heterocycles. The molecule has 0 saturated carbocycles. The van der Waals surface area contributed by atoms with E-state index < -0.39 is 4.92 Å². The Bertz CT molecular complexity index is 1990. The van der Waals surface area contributed by atoms with Crippen LogP contribution < -0.4 is 14.8 Å². The van der Waals surface area contributed by atoms with E-state index in [1.807, 2.05) is 60.7 Å². The Morgan fingerprint density at radius 3 is 2.50 bits per heavy atom. The highest BCUT2D eigenvalue weighted by molar-refractivity contribution is 7.15. The summed E-state index contributed by atoms with van der Waals surface area (Å²) in [4.78, 5) is 29.1.